The van der Waals surface area contributed by atoms with E-state index in [1.807, 2.05) is 6.92 Å². The molecule has 134 valence electrons. The van der Waals surface area contributed by atoms with Crippen LogP contribution in [0.15, 0.2) is 23.3 Å². The Bertz CT molecular complexity index is 854. The Balaban J connectivity index is 2.21. The molecule has 2 N–H and O–H groups in total. The molecule has 0 aliphatic carbocycles. The average molecular weight is 381 g/mol. The lowest BCUT2D eigenvalue weighted by Gasteiger charge is -2.14. The maximum atomic E-state index is 11.7. The van der Waals surface area contributed by atoms with Crippen LogP contribution in [-0.2, 0) is 4.79 Å². The number of carbonyl (C=O) groups excluding carboxylic acids is 1. The maximum absolute atomic E-state index is 11.7. The van der Waals surface area contributed by atoms with E-state index in [-0.39, 0.29) is 12.5 Å². The van der Waals surface area contributed by atoms with Crippen molar-refractivity contribution in [3.63, 3.8) is 0 Å². The first-order valence-electron chi connectivity index (χ1n) is 7.46. The second-order valence-electron chi connectivity index (χ2n) is 5.13. The zero-order valence-corrected chi connectivity index (χ0v) is 15.7. The van der Waals surface area contributed by atoms with Gasteiger partial charge in [-0.2, -0.15) is 9.78 Å². The Kier molecular flexibility index (Phi) is 6.48. The minimum atomic E-state index is -0.135. The summed E-state index contributed by atoms with van der Waals surface area (Å²) in [6.45, 7) is 2.27. The van der Waals surface area contributed by atoms with Crippen molar-refractivity contribution >= 4 is 36.6 Å². The van der Waals surface area contributed by atoms with E-state index < -0.39 is 0 Å². The number of H-pyrrole nitrogens is 2. The number of benzene rings is 1. The highest BCUT2D eigenvalue weighted by Gasteiger charge is 2.10. The van der Waals surface area contributed by atoms with Crippen LogP contribution < -0.4 is 9.47 Å². The van der Waals surface area contributed by atoms with Crippen LogP contribution in [0.4, 0.5) is 0 Å². The van der Waals surface area contributed by atoms with Crippen molar-refractivity contribution in [1.82, 2.24) is 19.8 Å². The van der Waals surface area contributed by atoms with Gasteiger partial charge in [0.25, 0.3) is 5.91 Å². The second kappa shape index (κ2) is 8.58. The number of likely N-dealkylation sites (N-methyl/N-ethyl adjacent to an activating group) is 1. The number of aromatic nitrogens is 3. The van der Waals surface area contributed by atoms with Crippen LogP contribution in [0.3, 0.4) is 0 Å². The van der Waals surface area contributed by atoms with Gasteiger partial charge in [-0.3, -0.25) is 15.0 Å². The summed E-state index contributed by atoms with van der Waals surface area (Å²) in [7, 11) is 3.34. The predicted octanol–water partition coefficient (Wildman–Crippen LogP) is 2.35. The third-order valence-electron chi connectivity index (χ3n) is 3.10. The lowest BCUT2D eigenvalue weighted by atomic mass is 10.2. The summed E-state index contributed by atoms with van der Waals surface area (Å²) in [6, 6.07) is 5.29. The normalized spacial score (nSPS) is 10.8. The molecule has 0 spiro atoms. The molecule has 2 aromatic rings. The lowest BCUT2D eigenvalue weighted by molar-refractivity contribution is -0.130. The van der Waals surface area contributed by atoms with Crippen molar-refractivity contribution in [3.05, 3.63) is 33.3 Å². The minimum Gasteiger partial charge on any atom is -0.490 e. The summed E-state index contributed by atoms with van der Waals surface area (Å²) in [5.41, 5.74) is 0.771. The molecule has 1 aromatic heterocycles. The van der Waals surface area contributed by atoms with Gasteiger partial charge in [-0.05, 0) is 55.1 Å². The topological polar surface area (TPSA) is 87.6 Å². The van der Waals surface area contributed by atoms with E-state index >= 15 is 0 Å². The van der Waals surface area contributed by atoms with Crippen LogP contribution in [0.1, 0.15) is 12.5 Å². The minimum absolute atomic E-state index is 0.0613. The van der Waals surface area contributed by atoms with E-state index in [1.165, 1.54) is 9.58 Å². The van der Waals surface area contributed by atoms with E-state index in [9.17, 15) is 4.79 Å². The van der Waals surface area contributed by atoms with Crippen molar-refractivity contribution in [3.8, 4) is 11.5 Å². The van der Waals surface area contributed by atoms with E-state index in [0.29, 0.717) is 27.6 Å². The Morgan fingerprint density at radius 2 is 1.92 bits per heavy atom. The van der Waals surface area contributed by atoms with Crippen LogP contribution in [0.5, 0.6) is 11.5 Å². The first-order valence-corrected chi connectivity index (χ1v) is 8.28. The van der Waals surface area contributed by atoms with Gasteiger partial charge in [0.15, 0.2) is 18.1 Å². The molecule has 8 nitrogen and oxygen atoms in total. The Hall–Kier alpha value is -2.46. The number of rotatable bonds is 7. The van der Waals surface area contributed by atoms with E-state index in [2.05, 4.69) is 15.3 Å². The van der Waals surface area contributed by atoms with Crippen molar-refractivity contribution in [1.29, 1.82) is 0 Å². The quantitative estimate of drug-likeness (QED) is 0.568. The zero-order valence-electron chi connectivity index (χ0n) is 14.1. The standard InChI is InChI=1S/C15H19N5O3S2/c1-4-22-12-7-10(8-16-20-14(24)17-18-15(20)25)5-6-11(12)23-9-13(21)19(2)3/h5-8H,4,9H2,1-3H3,(H,17,24)(H,18,25)/b16-8-. The third kappa shape index (κ3) is 5.00. The summed E-state index contributed by atoms with van der Waals surface area (Å²) >= 11 is 10.1. The van der Waals surface area contributed by atoms with E-state index in [0.717, 1.165) is 5.56 Å². The van der Waals surface area contributed by atoms with Crippen molar-refractivity contribution < 1.29 is 14.3 Å². The number of nitrogens with zero attached hydrogens (tertiary/aromatic N) is 3. The highest BCUT2D eigenvalue weighted by atomic mass is 32.1. The fourth-order valence-electron chi connectivity index (χ4n) is 1.80. The summed E-state index contributed by atoms with van der Waals surface area (Å²) in [6.07, 6.45) is 1.60. The smallest absolute Gasteiger partial charge is 0.259 e. The number of aromatic amines is 2. The fraction of sp³-hybridized carbons (Fsp3) is 0.333. The second-order valence-corrected chi connectivity index (χ2v) is 5.91. The number of nitrogens with one attached hydrogen (secondary N) is 2. The molecule has 1 aromatic carbocycles. The monoisotopic (exact) mass is 381 g/mol. The van der Waals surface area contributed by atoms with Gasteiger partial charge in [-0.25, -0.2) is 0 Å². The molecule has 0 radical (unpaired) electrons. The van der Waals surface area contributed by atoms with Crippen LogP contribution >= 0.6 is 24.4 Å². The summed E-state index contributed by atoms with van der Waals surface area (Å²) in [5.74, 6) is 0.884. The van der Waals surface area contributed by atoms with E-state index in [1.54, 1.807) is 38.5 Å². The molecular formula is C15H19N5O3S2. The van der Waals surface area contributed by atoms with Gasteiger partial charge in [-0.15, -0.1) is 0 Å². The van der Waals surface area contributed by atoms with Crippen molar-refractivity contribution in [2.45, 2.75) is 6.92 Å². The molecule has 0 saturated carbocycles. The van der Waals surface area contributed by atoms with Gasteiger partial charge >= 0.3 is 0 Å². The van der Waals surface area contributed by atoms with Crippen LogP contribution in [0.2, 0.25) is 0 Å². The van der Waals surface area contributed by atoms with Gasteiger partial charge in [0, 0.05) is 14.1 Å². The van der Waals surface area contributed by atoms with Crippen molar-refractivity contribution in [2.75, 3.05) is 27.3 Å². The molecule has 0 atom stereocenters. The number of carbonyl (C=O) groups is 1. The third-order valence-corrected chi connectivity index (χ3v) is 3.65. The Labute approximate surface area is 155 Å². The highest BCUT2D eigenvalue weighted by Crippen LogP contribution is 2.28. The van der Waals surface area contributed by atoms with Crippen LogP contribution in [-0.4, -0.2) is 59.2 Å². The van der Waals surface area contributed by atoms with Crippen molar-refractivity contribution in [2.24, 2.45) is 5.10 Å². The number of hydrogen-bond donors (Lipinski definition) is 2. The highest BCUT2D eigenvalue weighted by molar-refractivity contribution is 7.72. The van der Waals surface area contributed by atoms with Gasteiger partial charge in [-0.1, -0.05) is 0 Å². The van der Waals surface area contributed by atoms with Crippen LogP contribution in [0.25, 0.3) is 0 Å². The molecule has 2 rings (SSSR count). The molecule has 0 bridgehead atoms. The van der Waals surface area contributed by atoms with Gasteiger partial charge in [0.1, 0.15) is 0 Å². The number of hydrogen-bond acceptors (Lipinski definition) is 6. The van der Waals surface area contributed by atoms with E-state index in [4.69, 9.17) is 33.9 Å². The Morgan fingerprint density at radius 1 is 1.24 bits per heavy atom. The zero-order chi connectivity index (χ0) is 18.4. The lowest BCUT2D eigenvalue weighted by Crippen LogP contribution is -2.27. The summed E-state index contributed by atoms with van der Waals surface area (Å²) in [4.78, 5) is 13.1. The average Bonchev–Trinajstić information content (AvgIpc) is 2.90. The first-order chi connectivity index (χ1) is 11.9. The molecule has 0 unspecified atom stereocenters. The fourth-order valence-corrected chi connectivity index (χ4v) is 2.23. The summed E-state index contributed by atoms with van der Waals surface area (Å²) in [5, 5.41) is 9.64. The predicted molar refractivity (Wildman–Crippen MR) is 99.6 cm³/mol. The van der Waals surface area contributed by atoms with Gasteiger partial charge in [0.2, 0.25) is 9.54 Å². The number of amides is 1. The van der Waals surface area contributed by atoms with Crippen LogP contribution in [0, 0.1) is 9.54 Å². The molecule has 0 aliphatic rings. The molecular weight excluding hydrogens is 362 g/mol. The molecule has 0 aliphatic heterocycles. The van der Waals surface area contributed by atoms with Gasteiger partial charge in [0.05, 0.1) is 12.8 Å². The first kappa shape index (κ1) is 18.9. The molecule has 25 heavy (non-hydrogen) atoms. The van der Waals surface area contributed by atoms with Gasteiger partial charge < -0.3 is 14.4 Å². The Morgan fingerprint density at radius 3 is 2.52 bits per heavy atom. The number of ether oxygens (including phenoxy) is 2. The SMILES string of the molecule is CCOc1cc(/C=N\n2c(=S)[nH][nH]c2=S)ccc1OCC(=O)N(C)C. The molecule has 10 heteroatoms. The molecule has 1 heterocycles. The summed E-state index contributed by atoms with van der Waals surface area (Å²) < 4.78 is 13.3. The maximum Gasteiger partial charge on any atom is 0.259 e. The molecule has 0 saturated heterocycles. The molecule has 0 fully saturated rings. The largest absolute Gasteiger partial charge is 0.490 e. The molecule has 1 amide bonds.